The van der Waals surface area contributed by atoms with E-state index in [-0.39, 0.29) is 17.5 Å². The molecule has 1 aliphatic rings. The standard InChI is InChI=1S/C18H22N2O/c1-13-7-3-5-9-15(13)11-16(12-19)18(21)20-17-10-6-4-8-14(17)2/h3,5,7,9,11,14,17H,4,6,8,10H2,1-2H3,(H,20,21)/b16-11+/t14-,17-/m1/s1. The van der Waals surface area contributed by atoms with E-state index in [1.165, 1.54) is 6.42 Å². The van der Waals surface area contributed by atoms with Crippen molar-refractivity contribution < 1.29 is 4.79 Å². The van der Waals surface area contributed by atoms with Gasteiger partial charge in [0.2, 0.25) is 0 Å². The average molecular weight is 282 g/mol. The zero-order chi connectivity index (χ0) is 15.2. The summed E-state index contributed by atoms with van der Waals surface area (Å²) in [7, 11) is 0. The van der Waals surface area contributed by atoms with Crippen molar-refractivity contribution in [2.24, 2.45) is 5.92 Å². The van der Waals surface area contributed by atoms with Gasteiger partial charge in [0.25, 0.3) is 5.91 Å². The Morgan fingerprint density at radius 1 is 1.33 bits per heavy atom. The third kappa shape index (κ3) is 3.95. The van der Waals surface area contributed by atoms with E-state index in [1.54, 1.807) is 6.08 Å². The second-order valence-corrected chi connectivity index (χ2v) is 5.87. The van der Waals surface area contributed by atoms with Gasteiger partial charge in [-0.25, -0.2) is 0 Å². The van der Waals surface area contributed by atoms with Crippen molar-refractivity contribution in [1.29, 1.82) is 5.26 Å². The second kappa shape index (κ2) is 7.08. The van der Waals surface area contributed by atoms with Gasteiger partial charge in [-0.2, -0.15) is 5.26 Å². The minimum Gasteiger partial charge on any atom is -0.348 e. The lowest BCUT2D eigenvalue weighted by atomic mass is 9.86. The number of rotatable bonds is 3. The minimum atomic E-state index is -0.250. The monoisotopic (exact) mass is 282 g/mol. The molecule has 0 saturated heterocycles. The van der Waals surface area contributed by atoms with Crippen molar-refractivity contribution in [3.8, 4) is 6.07 Å². The van der Waals surface area contributed by atoms with Gasteiger partial charge in [0.15, 0.2) is 0 Å². The predicted octanol–water partition coefficient (Wildman–Crippen LogP) is 3.60. The van der Waals surface area contributed by atoms with Crippen LogP contribution in [0.3, 0.4) is 0 Å². The molecule has 1 amide bonds. The summed E-state index contributed by atoms with van der Waals surface area (Å²) in [4.78, 5) is 12.3. The molecule has 0 heterocycles. The molecule has 0 aliphatic heterocycles. The third-order valence-corrected chi connectivity index (χ3v) is 4.28. The Kier molecular flexibility index (Phi) is 5.16. The van der Waals surface area contributed by atoms with Gasteiger partial charge in [0, 0.05) is 6.04 Å². The fourth-order valence-corrected chi connectivity index (χ4v) is 2.83. The molecular weight excluding hydrogens is 260 g/mol. The lowest BCUT2D eigenvalue weighted by molar-refractivity contribution is -0.118. The molecule has 3 heteroatoms. The van der Waals surface area contributed by atoms with Crippen LogP contribution in [0.1, 0.15) is 43.7 Å². The lowest BCUT2D eigenvalue weighted by Gasteiger charge is -2.29. The van der Waals surface area contributed by atoms with Gasteiger partial charge in [-0.05, 0) is 42.9 Å². The highest BCUT2D eigenvalue weighted by molar-refractivity contribution is 6.02. The fraction of sp³-hybridized carbons (Fsp3) is 0.444. The molecule has 1 aliphatic carbocycles. The first-order valence-electron chi connectivity index (χ1n) is 7.60. The first kappa shape index (κ1) is 15.3. The van der Waals surface area contributed by atoms with Gasteiger partial charge in [0.1, 0.15) is 11.6 Å². The molecule has 1 saturated carbocycles. The molecule has 21 heavy (non-hydrogen) atoms. The average Bonchev–Trinajstić information content (AvgIpc) is 2.48. The van der Waals surface area contributed by atoms with E-state index >= 15 is 0 Å². The van der Waals surface area contributed by atoms with Crippen LogP contribution in [0.2, 0.25) is 0 Å². The van der Waals surface area contributed by atoms with E-state index in [1.807, 2.05) is 37.3 Å². The summed E-state index contributed by atoms with van der Waals surface area (Å²) in [5, 5.41) is 12.3. The number of amides is 1. The van der Waals surface area contributed by atoms with E-state index in [2.05, 4.69) is 12.2 Å². The maximum absolute atomic E-state index is 12.3. The Morgan fingerprint density at radius 2 is 2.05 bits per heavy atom. The topological polar surface area (TPSA) is 52.9 Å². The Morgan fingerprint density at radius 3 is 2.71 bits per heavy atom. The van der Waals surface area contributed by atoms with E-state index in [4.69, 9.17) is 0 Å². The SMILES string of the molecule is Cc1ccccc1/C=C(\C#N)C(=O)N[C@@H]1CCCC[C@H]1C. The van der Waals surface area contributed by atoms with Crippen molar-refractivity contribution in [3.63, 3.8) is 0 Å². The molecule has 2 atom stereocenters. The molecule has 1 aromatic carbocycles. The highest BCUT2D eigenvalue weighted by atomic mass is 16.1. The number of benzene rings is 1. The number of nitriles is 1. The maximum atomic E-state index is 12.3. The maximum Gasteiger partial charge on any atom is 0.262 e. The quantitative estimate of drug-likeness (QED) is 0.680. The van der Waals surface area contributed by atoms with E-state index in [0.29, 0.717) is 5.92 Å². The Bertz CT molecular complexity index is 583. The molecule has 0 unspecified atom stereocenters. The van der Waals surface area contributed by atoms with Crippen LogP contribution in [0.4, 0.5) is 0 Å². The minimum absolute atomic E-state index is 0.182. The number of nitrogens with one attached hydrogen (secondary N) is 1. The summed E-state index contributed by atoms with van der Waals surface area (Å²) < 4.78 is 0. The molecule has 1 aromatic rings. The number of hydrogen-bond donors (Lipinski definition) is 1. The third-order valence-electron chi connectivity index (χ3n) is 4.28. The number of hydrogen-bond acceptors (Lipinski definition) is 2. The highest BCUT2D eigenvalue weighted by Crippen LogP contribution is 2.24. The van der Waals surface area contributed by atoms with Crippen LogP contribution in [-0.2, 0) is 4.79 Å². The van der Waals surface area contributed by atoms with E-state index < -0.39 is 0 Å². The summed E-state index contributed by atoms with van der Waals surface area (Å²) in [6.07, 6.45) is 6.22. The summed E-state index contributed by atoms with van der Waals surface area (Å²) in [6, 6.07) is 9.98. The molecule has 0 spiro atoms. The van der Waals surface area contributed by atoms with Gasteiger partial charge in [0.05, 0.1) is 0 Å². The number of nitrogens with zero attached hydrogens (tertiary/aromatic N) is 1. The molecule has 0 aromatic heterocycles. The zero-order valence-electron chi connectivity index (χ0n) is 12.7. The van der Waals surface area contributed by atoms with Crippen molar-refractivity contribution >= 4 is 12.0 Å². The predicted molar refractivity (Wildman–Crippen MR) is 84.3 cm³/mol. The first-order chi connectivity index (χ1) is 10.1. The van der Waals surface area contributed by atoms with Crippen molar-refractivity contribution in [1.82, 2.24) is 5.32 Å². The zero-order valence-corrected chi connectivity index (χ0v) is 12.7. The summed E-state index contributed by atoms with van der Waals surface area (Å²) >= 11 is 0. The molecule has 2 rings (SSSR count). The molecule has 3 nitrogen and oxygen atoms in total. The largest absolute Gasteiger partial charge is 0.348 e. The van der Waals surface area contributed by atoms with Crippen LogP contribution in [0.5, 0.6) is 0 Å². The smallest absolute Gasteiger partial charge is 0.262 e. The summed E-state index contributed by atoms with van der Waals surface area (Å²) in [5.41, 5.74) is 2.16. The van der Waals surface area contributed by atoms with Gasteiger partial charge in [-0.1, -0.05) is 44.0 Å². The van der Waals surface area contributed by atoms with Crippen LogP contribution in [0, 0.1) is 24.2 Å². The van der Waals surface area contributed by atoms with Crippen LogP contribution in [0.15, 0.2) is 29.8 Å². The highest BCUT2D eigenvalue weighted by Gasteiger charge is 2.24. The number of carbonyl (C=O) groups is 1. The number of aryl methyl sites for hydroxylation is 1. The van der Waals surface area contributed by atoms with Gasteiger partial charge < -0.3 is 5.32 Å². The molecule has 1 N–H and O–H groups in total. The normalized spacial score (nSPS) is 22.4. The second-order valence-electron chi connectivity index (χ2n) is 5.87. The Balaban J connectivity index is 2.12. The van der Waals surface area contributed by atoms with Crippen molar-refractivity contribution in [2.75, 3.05) is 0 Å². The molecule has 110 valence electrons. The summed E-state index contributed by atoms with van der Waals surface area (Å²) in [6.45, 7) is 4.14. The number of carbonyl (C=O) groups excluding carboxylic acids is 1. The van der Waals surface area contributed by atoms with Crippen LogP contribution in [0.25, 0.3) is 6.08 Å². The van der Waals surface area contributed by atoms with Crippen LogP contribution >= 0.6 is 0 Å². The van der Waals surface area contributed by atoms with Crippen LogP contribution < -0.4 is 5.32 Å². The van der Waals surface area contributed by atoms with Crippen molar-refractivity contribution in [2.45, 2.75) is 45.6 Å². The summed E-state index contributed by atoms with van der Waals surface area (Å²) in [5.74, 6) is 0.237. The molecular formula is C18H22N2O. The van der Waals surface area contributed by atoms with Gasteiger partial charge in [-0.15, -0.1) is 0 Å². The lowest BCUT2D eigenvalue weighted by Crippen LogP contribution is -2.41. The van der Waals surface area contributed by atoms with Crippen LogP contribution in [-0.4, -0.2) is 11.9 Å². The Hall–Kier alpha value is -2.08. The fourth-order valence-electron chi connectivity index (χ4n) is 2.83. The molecule has 0 radical (unpaired) electrons. The van der Waals surface area contributed by atoms with Gasteiger partial charge in [-0.3, -0.25) is 4.79 Å². The van der Waals surface area contributed by atoms with E-state index in [0.717, 1.165) is 30.4 Å². The van der Waals surface area contributed by atoms with E-state index in [9.17, 15) is 10.1 Å². The first-order valence-corrected chi connectivity index (χ1v) is 7.60. The van der Waals surface area contributed by atoms with Crippen molar-refractivity contribution in [3.05, 3.63) is 41.0 Å². The molecule has 0 bridgehead atoms. The molecule has 1 fully saturated rings. The Labute approximate surface area is 126 Å². The van der Waals surface area contributed by atoms with Gasteiger partial charge >= 0.3 is 0 Å².